The van der Waals surface area contributed by atoms with E-state index in [0.29, 0.717) is 43.9 Å². The minimum Gasteiger partial charge on any atom is -0.480 e. The first-order chi connectivity index (χ1) is 26.4. The number of amides is 1. The Bertz CT molecular complexity index is 1780. The van der Waals surface area contributed by atoms with Crippen molar-refractivity contribution in [1.29, 1.82) is 0 Å². The number of alkyl halides is 3. The van der Waals surface area contributed by atoms with Crippen LogP contribution in [0.4, 0.5) is 22.0 Å². The van der Waals surface area contributed by atoms with Crippen molar-refractivity contribution in [2.24, 2.45) is 11.1 Å². The molecule has 0 aliphatic carbocycles. The van der Waals surface area contributed by atoms with E-state index in [1.165, 1.54) is 17.8 Å². The molecule has 0 saturated heterocycles. The van der Waals surface area contributed by atoms with Crippen LogP contribution in [0.3, 0.4) is 0 Å². The number of ether oxygens (including phenoxy) is 1. The third kappa shape index (κ3) is 17.4. The molecule has 0 aliphatic heterocycles. The topological polar surface area (TPSA) is 152 Å². The number of esters is 1. The van der Waals surface area contributed by atoms with Crippen LogP contribution in [0.5, 0.6) is 0 Å². The number of carbonyl (C=O) groups is 4. The Balaban J connectivity index is 0.00000146. The molecule has 1 unspecified atom stereocenters. The zero-order valence-corrected chi connectivity index (χ0v) is 35.0. The van der Waals surface area contributed by atoms with E-state index in [1.807, 2.05) is 66.6 Å². The molecule has 57 heavy (non-hydrogen) atoms. The van der Waals surface area contributed by atoms with Gasteiger partial charge in [-0.3, -0.25) is 14.4 Å². The predicted molar refractivity (Wildman–Crippen MR) is 213 cm³/mol. The second-order valence-electron chi connectivity index (χ2n) is 15.8. The Morgan fingerprint density at radius 3 is 2.16 bits per heavy atom. The Labute approximate surface area is 336 Å². The van der Waals surface area contributed by atoms with Crippen LogP contribution in [0.15, 0.2) is 60.8 Å². The van der Waals surface area contributed by atoms with Gasteiger partial charge < -0.3 is 30.2 Å². The molecule has 3 aromatic rings. The number of unbranched alkanes of at least 4 members (excludes halogenated alkanes) is 1. The first-order valence-electron chi connectivity index (χ1n) is 18.4. The number of carboxylic acids is 2. The zero-order valence-electron chi connectivity index (χ0n) is 33.2. The van der Waals surface area contributed by atoms with Gasteiger partial charge in [-0.15, -0.1) is 0 Å². The normalized spacial score (nSPS) is 12.9. The summed E-state index contributed by atoms with van der Waals surface area (Å²) in [7, 11) is -1.34. The first-order valence-corrected chi connectivity index (χ1v) is 23.3. The fraction of sp³-hybridized carbons (Fsp3) is 0.500. The highest BCUT2D eigenvalue weighted by Gasteiger charge is 2.39. The molecular weight excluding hydrogens is 790 g/mol. The molecule has 316 valence electrons. The molecule has 2 aromatic carbocycles. The highest BCUT2D eigenvalue weighted by atomic mass is 32.2. The van der Waals surface area contributed by atoms with Gasteiger partial charge in [0.1, 0.15) is 17.7 Å². The Hall–Kier alpha value is -4.22. The molecule has 17 heteroatoms. The summed E-state index contributed by atoms with van der Waals surface area (Å²) in [5.41, 5.74) is 7.56. The van der Waals surface area contributed by atoms with Crippen molar-refractivity contribution in [1.82, 2.24) is 9.47 Å². The summed E-state index contributed by atoms with van der Waals surface area (Å²) in [6.07, 6.45) is -1.75. The number of hydrogen-bond acceptors (Lipinski definition) is 7. The summed E-state index contributed by atoms with van der Waals surface area (Å²) in [4.78, 5) is 48.6. The second-order valence-corrected chi connectivity index (χ2v) is 22.6. The van der Waals surface area contributed by atoms with Gasteiger partial charge in [-0.05, 0) is 66.3 Å². The van der Waals surface area contributed by atoms with Gasteiger partial charge in [-0.1, -0.05) is 70.7 Å². The molecule has 1 heterocycles. The number of aliphatic carboxylic acids is 2. The summed E-state index contributed by atoms with van der Waals surface area (Å²) in [6, 6.07) is 14.4. The molecule has 4 N–H and O–H groups in total. The van der Waals surface area contributed by atoms with E-state index in [4.69, 9.17) is 20.4 Å². The van der Waals surface area contributed by atoms with Gasteiger partial charge in [-0.25, -0.2) is 13.6 Å². The second kappa shape index (κ2) is 22.1. The van der Waals surface area contributed by atoms with Crippen molar-refractivity contribution in [3.05, 3.63) is 83.7 Å². The lowest BCUT2D eigenvalue weighted by Crippen LogP contribution is -2.43. The Kier molecular flexibility index (Phi) is 18.9. The Morgan fingerprint density at radius 1 is 0.965 bits per heavy atom. The smallest absolute Gasteiger partial charge is 0.480 e. The summed E-state index contributed by atoms with van der Waals surface area (Å²) < 4.78 is 68.7. The van der Waals surface area contributed by atoms with Crippen LogP contribution in [0.1, 0.15) is 63.8 Å². The highest BCUT2D eigenvalue weighted by molar-refractivity contribution is 7.99. The van der Waals surface area contributed by atoms with Crippen LogP contribution in [-0.4, -0.2) is 88.4 Å². The van der Waals surface area contributed by atoms with Gasteiger partial charge >= 0.3 is 24.1 Å². The number of nitrogens with two attached hydrogens (primary N) is 1. The lowest BCUT2D eigenvalue weighted by Gasteiger charge is -2.41. The number of carbonyl (C=O) groups excluding carboxylic acids is 2. The van der Waals surface area contributed by atoms with Gasteiger partial charge in [0.05, 0.1) is 18.4 Å². The molecule has 0 fully saturated rings. The molecule has 3 rings (SSSR count). The van der Waals surface area contributed by atoms with Crippen LogP contribution >= 0.6 is 11.8 Å². The quantitative estimate of drug-likeness (QED) is 0.0466. The van der Waals surface area contributed by atoms with Crippen LogP contribution in [0.25, 0.3) is 11.1 Å². The average molecular weight is 844 g/mol. The number of aromatic nitrogens is 1. The standard InChI is InChI=1S/C38H53F2N3O5SSi.C2HF3O2/c1-38(2,3)36(33-22-28(30-23-29(39)15-16-31(30)40)25-42(33)24-27-12-8-7-9-13-27)43(34(44)26-49-20-17-32(41)37(46)47)18-11-10-14-35(45)48-19-21-50(4,5)6;3-2(4,5)1(6)7/h7-9,12-13,15-16,22-23,25,32,36H,10-11,14,17-21,24,26,41H2,1-6H3,(H,46,47);(H,6,7)/t32?,36-;/m0./s1. The van der Waals surface area contributed by atoms with E-state index >= 15 is 4.39 Å². The minimum absolute atomic E-state index is 0.0996. The fourth-order valence-corrected chi connectivity index (χ4v) is 7.30. The average Bonchev–Trinajstić information content (AvgIpc) is 3.50. The SMILES string of the molecule is CC(C)(C)[C@H](c1cc(-c2cc(F)ccc2F)cn1Cc1ccccc1)N(CCCCC(=O)OCC[Si](C)(C)C)C(=O)CSCCC(N)C(=O)O.O=C(O)C(F)(F)F. The summed E-state index contributed by atoms with van der Waals surface area (Å²) in [5.74, 6) is -4.86. The number of rotatable bonds is 19. The summed E-state index contributed by atoms with van der Waals surface area (Å²) in [5, 5.41) is 16.3. The zero-order chi connectivity index (χ0) is 43.1. The van der Waals surface area contributed by atoms with Gasteiger partial charge in [0.15, 0.2) is 0 Å². The number of halogens is 5. The van der Waals surface area contributed by atoms with Gasteiger partial charge in [0.25, 0.3) is 0 Å². The predicted octanol–water partition coefficient (Wildman–Crippen LogP) is 8.62. The van der Waals surface area contributed by atoms with E-state index in [2.05, 4.69) is 19.6 Å². The van der Waals surface area contributed by atoms with Crippen molar-refractivity contribution in [2.45, 2.75) is 96.9 Å². The summed E-state index contributed by atoms with van der Waals surface area (Å²) >= 11 is 1.32. The van der Waals surface area contributed by atoms with Crippen LogP contribution < -0.4 is 5.73 Å². The van der Waals surface area contributed by atoms with E-state index in [0.717, 1.165) is 29.4 Å². The molecule has 0 bridgehead atoms. The van der Waals surface area contributed by atoms with Crippen molar-refractivity contribution in [3.8, 4) is 11.1 Å². The van der Waals surface area contributed by atoms with E-state index in [1.54, 1.807) is 6.20 Å². The molecule has 2 atom stereocenters. The molecule has 0 saturated carbocycles. The monoisotopic (exact) mass is 843 g/mol. The van der Waals surface area contributed by atoms with Gasteiger partial charge in [0.2, 0.25) is 5.91 Å². The van der Waals surface area contributed by atoms with Crippen molar-refractivity contribution >= 4 is 43.7 Å². The number of benzene rings is 2. The number of thioether (sulfide) groups is 1. The molecule has 1 amide bonds. The van der Waals surface area contributed by atoms with Crippen LogP contribution in [0, 0.1) is 17.0 Å². The minimum atomic E-state index is -5.08. The van der Waals surface area contributed by atoms with Crippen molar-refractivity contribution < 1.29 is 56.1 Å². The number of carboxylic acid groups (broad SMARTS) is 2. The number of hydrogen-bond donors (Lipinski definition) is 3. The van der Waals surface area contributed by atoms with E-state index in [9.17, 15) is 37.1 Å². The lowest BCUT2D eigenvalue weighted by atomic mass is 9.83. The third-order valence-corrected chi connectivity index (χ3v) is 11.3. The van der Waals surface area contributed by atoms with Crippen LogP contribution in [-0.2, 0) is 30.5 Å². The lowest BCUT2D eigenvalue weighted by molar-refractivity contribution is -0.192. The molecule has 0 radical (unpaired) electrons. The molecule has 10 nitrogen and oxygen atoms in total. The van der Waals surface area contributed by atoms with Gasteiger partial charge in [-0.2, -0.15) is 24.9 Å². The maximum atomic E-state index is 15.1. The van der Waals surface area contributed by atoms with Gasteiger partial charge in [0, 0.05) is 50.6 Å². The summed E-state index contributed by atoms with van der Waals surface area (Å²) in [6.45, 7) is 14.0. The Morgan fingerprint density at radius 2 is 1.60 bits per heavy atom. The molecule has 1 aromatic heterocycles. The molecular formula is C40H54F5N3O7SSi. The first kappa shape index (κ1) is 48.9. The molecule has 0 spiro atoms. The highest BCUT2D eigenvalue weighted by Crippen LogP contribution is 2.41. The molecule has 0 aliphatic rings. The maximum absolute atomic E-state index is 15.1. The number of nitrogens with zero attached hydrogens (tertiary/aromatic N) is 2. The maximum Gasteiger partial charge on any atom is 0.490 e. The fourth-order valence-electron chi connectivity index (χ4n) is 5.68. The van der Waals surface area contributed by atoms with E-state index < -0.39 is 55.3 Å². The third-order valence-electron chi connectivity index (χ3n) is 8.60. The van der Waals surface area contributed by atoms with Crippen molar-refractivity contribution in [3.63, 3.8) is 0 Å². The van der Waals surface area contributed by atoms with Crippen molar-refractivity contribution in [2.75, 3.05) is 24.7 Å². The largest absolute Gasteiger partial charge is 0.490 e. The van der Waals surface area contributed by atoms with E-state index in [-0.39, 0.29) is 36.0 Å². The van der Waals surface area contributed by atoms with Crippen LogP contribution in [0.2, 0.25) is 25.7 Å².